The first-order chi connectivity index (χ1) is 12.3. The minimum Gasteiger partial charge on any atom is -0.388 e. The molecule has 26 heavy (non-hydrogen) atoms. The molecule has 0 aliphatic carbocycles. The van der Waals surface area contributed by atoms with E-state index >= 15 is 0 Å². The van der Waals surface area contributed by atoms with Gasteiger partial charge in [-0.1, -0.05) is 11.6 Å². The third-order valence-corrected chi connectivity index (χ3v) is 4.41. The molecule has 0 aliphatic rings. The highest BCUT2D eigenvalue weighted by Gasteiger charge is 2.30. The van der Waals surface area contributed by atoms with Crippen LogP contribution in [0.2, 0.25) is 5.02 Å². The molecule has 0 aliphatic heterocycles. The number of aromatic amines is 1. The van der Waals surface area contributed by atoms with Crippen LogP contribution in [-0.2, 0) is 12.8 Å². The summed E-state index contributed by atoms with van der Waals surface area (Å²) in [7, 11) is 0. The molecule has 0 saturated heterocycles. The molecule has 0 aromatic carbocycles. The number of pyridine rings is 1. The number of alkyl halides is 3. The Hall–Kier alpha value is -2.44. The summed E-state index contributed by atoms with van der Waals surface area (Å²) in [6.07, 6.45) is -2.70. The van der Waals surface area contributed by atoms with Crippen molar-refractivity contribution in [1.29, 1.82) is 0 Å². The first-order valence-electron chi connectivity index (χ1n) is 6.81. The Morgan fingerprint density at radius 2 is 2.08 bits per heavy atom. The normalized spacial score (nSPS) is 11.7. The highest BCUT2D eigenvalue weighted by atomic mass is 35.5. The summed E-state index contributed by atoms with van der Waals surface area (Å²) in [6.45, 7) is -0.333. The number of rotatable bonds is 4. The van der Waals surface area contributed by atoms with Crippen molar-refractivity contribution in [2.75, 3.05) is 0 Å². The second-order valence-electron chi connectivity index (χ2n) is 4.77. The fourth-order valence-corrected chi connectivity index (χ4v) is 2.79. The molecular weight excluding hydrogens is 397 g/mol. The van der Waals surface area contributed by atoms with Crippen LogP contribution in [0.15, 0.2) is 39.4 Å². The number of hydrogen-bond donors (Lipinski definition) is 2. The molecule has 0 bridgehead atoms. The maximum absolute atomic E-state index is 12.6. The molecule has 0 fully saturated rings. The van der Waals surface area contributed by atoms with Crippen molar-refractivity contribution in [1.82, 2.24) is 29.9 Å². The van der Waals surface area contributed by atoms with Crippen molar-refractivity contribution in [2.24, 2.45) is 0 Å². The molecule has 13 heteroatoms. The summed E-state index contributed by atoms with van der Waals surface area (Å²) >= 11 is 6.96. The van der Waals surface area contributed by atoms with Gasteiger partial charge in [-0.15, -0.1) is 5.10 Å². The van der Waals surface area contributed by atoms with Crippen molar-refractivity contribution in [3.05, 3.63) is 51.3 Å². The molecule has 0 spiro atoms. The maximum Gasteiger partial charge on any atom is 0.417 e. The second kappa shape index (κ2) is 7.05. The lowest BCUT2D eigenvalue weighted by molar-refractivity contribution is -0.137. The Morgan fingerprint density at radius 3 is 2.65 bits per heavy atom. The molecule has 0 atom stereocenters. The SMILES string of the molecule is O=c1c(Cl)c(Sc2n[nH]c(CO)n2)cnn1-c1ccc(C(F)(F)F)cn1. The van der Waals surface area contributed by atoms with Gasteiger partial charge >= 0.3 is 6.18 Å². The van der Waals surface area contributed by atoms with Gasteiger partial charge in [-0.25, -0.2) is 9.97 Å². The number of aliphatic hydroxyl groups is 1. The van der Waals surface area contributed by atoms with Gasteiger partial charge in [0, 0.05) is 6.20 Å². The monoisotopic (exact) mass is 404 g/mol. The van der Waals surface area contributed by atoms with Gasteiger partial charge in [0.25, 0.3) is 5.56 Å². The molecule has 3 aromatic rings. The van der Waals surface area contributed by atoms with E-state index in [0.717, 1.165) is 28.6 Å². The Balaban J connectivity index is 1.91. The average molecular weight is 405 g/mol. The third kappa shape index (κ3) is 3.71. The van der Waals surface area contributed by atoms with Crippen molar-refractivity contribution < 1.29 is 18.3 Å². The van der Waals surface area contributed by atoms with Crippen LogP contribution in [0, 0.1) is 0 Å². The van der Waals surface area contributed by atoms with Gasteiger partial charge in [0.2, 0.25) is 5.16 Å². The Kier molecular flexibility index (Phi) is 4.98. The predicted octanol–water partition coefficient (Wildman–Crippen LogP) is 2.06. The minimum absolute atomic E-state index is 0.109. The molecule has 0 unspecified atom stereocenters. The molecule has 0 amide bonds. The van der Waals surface area contributed by atoms with E-state index in [4.69, 9.17) is 16.7 Å². The van der Waals surface area contributed by atoms with E-state index in [1.807, 2.05) is 0 Å². The number of halogens is 4. The lowest BCUT2D eigenvalue weighted by Crippen LogP contribution is -2.23. The van der Waals surface area contributed by atoms with Crippen LogP contribution in [-0.4, -0.2) is 35.1 Å². The Morgan fingerprint density at radius 1 is 1.31 bits per heavy atom. The van der Waals surface area contributed by atoms with Crippen LogP contribution in [0.25, 0.3) is 5.82 Å². The van der Waals surface area contributed by atoms with E-state index in [1.54, 1.807) is 0 Å². The number of aromatic nitrogens is 6. The fraction of sp³-hybridized carbons (Fsp3) is 0.154. The lowest BCUT2D eigenvalue weighted by atomic mass is 10.3. The van der Waals surface area contributed by atoms with Gasteiger partial charge in [0.1, 0.15) is 11.6 Å². The number of nitrogens with one attached hydrogen (secondary N) is 1. The zero-order valence-electron chi connectivity index (χ0n) is 12.5. The van der Waals surface area contributed by atoms with Crippen molar-refractivity contribution in [3.8, 4) is 5.82 Å². The van der Waals surface area contributed by atoms with Gasteiger partial charge in [-0.05, 0) is 23.9 Å². The molecule has 8 nitrogen and oxygen atoms in total. The Labute approximate surface area is 152 Å². The summed E-state index contributed by atoms with van der Waals surface area (Å²) in [5.74, 6) is 0.126. The lowest BCUT2D eigenvalue weighted by Gasteiger charge is -2.08. The molecule has 0 radical (unpaired) electrons. The first kappa shape index (κ1) is 18.4. The predicted molar refractivity (Wildman–Crippen MR) is 84.1 cm³/mol. The van der Waals surface area contributed by atoms with Crippen molar-refractivity contribution in [2.45, 2.75) is 22.8 Å². The van der Waals surface area contributed by atoms with Gasteiger partial charge in [-0.3, -0.25) is 9.89 Å². The molecule has 0 saturated carbocycles. The fourth-order valence-electron chi connectivity index (χ4n) is 1.82. The van der Waals surface area contributed by atoms with Crippen LogP contribution in [0.3, 0.4) is 0 Å². The summed E-state index contributed by atoms with van der Waals surface area (Å²) in [5.41, 5.74) is -1.71. The van der Waals surface area contributed by atoms with E-state index < -0.39 is 17.3 Å². The molecule has 3 rings (SSSR count). The van der Waals surface area contributed by atoms with E-state index in [9.17, 15) is 18.0 Å². The number of nitrogens with zero attached hydrogens (tertiary/aromatic N) is 5. The summed E-state index contributed by atoms with van der Waals surface area (Å²) in [4.78, 5) is 20.1. The highest BCUT2D eigenvalue weighted by Crippen LogP contribution is 2.30. The van der Waals surface area contributed by atoms with Crippen LogP contribution in [0.5, 0.6) is 0 Å². The maximum atomic E-state index is 12.6. The number of hydrogen-bond acceptors (Lipinski definition) is 7. The zero-order chi connectivity index (χ0) is 18.9. The highest BCUT2D eigenvalue weighted by molar-refractivity contribution is 7.99. The third-order valence-electron chi connectivity index (χ3n) is 3.04. The average Bonchev–Trinajstić information content (AvgIpc) is 3.06. The second-order valence-corrected chi connectivity index (χ2v) is 6.15. The van der Waals surface area contributed by atoms with Crippen molar-refractivity contribution in [3.63, 3.8) is 0 Å². The van der Waals surface area contributed by atoms with E-state index in [-0.39, 0.29) is 33.3 Å². The summed E-state index contributed by atoms with van der Waals surface area (Å²) < 4.78 is 38.5. The molecule has 136 valence electrons. The number of H-pyrrole nitrogens is 1. The van der Waals surface area contributed by atoms with Crippen LogP contribution >= 0.6 is 23.4 Å². The van der Waals surface area contributed by atoms with E-state index in [0.29, 0.717) is 6.20 Å². The van der Waals surface area contributed by atoms with Crippen LogP contribution < -0.4 is 5.56 Å². The largest absolute Gasteiger partial charge is 0.417 e. The zero-order valence-corrected chi connectivity index (χ0v) is 14.1. The minimum atomic E-state index is -4.54. The number of aliphatic hydroxyl groups excluding tert-OH is 1. The molecule has 3 heterocycles. The van der Waals surface area contributed by atoms with Gasteiger partial charge in [0.05, 0.1) is 16.7 Å². The van der Waals surface area contributed by atoms with E-state index in [2.05, 4.69) is 25.3 Å². The Bertz CT molecular complexity index is 989. The van der Waals surface area contributed by atoms with Gasteiger partial charge in [0.15, 0.2) is 11.6 Å². The van der Waals surface area contributed by atoms with Crippen molar-refractivity contribution >= 4 is 23.4 Å². The molecule has 2 N–H and O–H groups in total. The molecule has 3 aromatic heterocycles. The van der Waals surface area contributed by atoms with Gasteiger partial charge in [-0.2, -0.15) is 23.0 Å². The summed E-state index contributed by atoms with van der Waals surface area (Å²) in [5, 5.41) is 19.1. The topological polar surface area (TPSA) is 110 Å². The van der Waals surface area contributed by atoms with E-state index in [1.165, 1.54) is 6.20 Å². The quantitative estimate of drug-likeness (QED) is 0.684. The van der Waals surface area contributed by atoms with Gasteiger partial charge < -0.3 is 5.11 Å². The first-order valence-corrected chi connectivity index (χ1v) is 8.00. The molecular formula is C13H8ClF3N6O2S. The smallest absolute Gasteiger partial charge is 0.388 e. The summed E-state index contributed by atoms with van der Waals surface area (Å²) in [6, 6.07) is 1.81. The standard InChI is InChI=1S/C13H8ClF3N6O2S/c14-10-7(26-12-20-8(5-24)21-22-12)4-19-23(11(10)25)9-2-1-6(3-18-9)13(15,16)17/h1-4,24H,5H2,(H,20,21,22). The van der Waals surface area contributed by atoms with Crippen LogP contribution in [0.1, 0.15) is 11.4 Å². The van der Waals surface area contributed by atoms with Crippen LogP contribution in [0.4, 0.5) is 13.2 Å².